The smallest absolute Gasteiger partial charge is 0.255 e. The van der Waals surface area contributed by atoms with Crippen LogP contribution >= 0.6 is 0 Å². The fraction of sp³-hybridized carbons (Fsp3) is 0.0370. The number of rotatable bonds is 6. The molecule has 0 aliphatic heterocycles. The molecule has 0 radical (unpaired) electrons. The molecule has 0 atom stereocenters. The number of nitrogens with zero attached hydrogens (tertiary/aromatic N) is 3. The van der Waals surface area contributed by atoms with Crippen molar-refractivity contribution in [3.63, 3.8) is 0 Å². The van der Waals surface area contributed by atoms with Gasteiger partial charge in [0.1, 0.15) is 23.3 Å². The molecular weight excluding hydrogens is 424 g/mol. The molecule has 34 heavy (non-hydrogen) atoms. The monoisotopic (exact) mass is 446 g/mol. The summed E-state index contributed by atoms with van der Waals surface area (Å²) < 4.78 is 0. The van der Waals surface area contributed by atoms with E-state index >= 15 is 0 Å². The van der Waals surface area contributed by atoms with Gasteiger partial charge in [-0.2, -0.15) is 0 Å². The topological polar surface area (TPSA) is 91.8 Å². The fourth-order valence-corrected chi connectivity index (χ4v) is 3.58. The van der Waals surface area contributed by atoms with E-state index in [-0.39, 0.29) is 5.91 Å². The molecule has 166 valence electrons. The van der Waals surface area contributed by atoms with E-state index in [0.29, 0.717) is 34.5 Å². The average molecular weight is 447 g/mol. The van der Waals surface area contributed by atoms with E-state index in [1.54, 1.807) is 6.20 Å². The van der Waals surface area contributed by atoms with Crippen LogP contribution in [-0.4, -0.2) is 20.9 Å². The first-order valence-corrected chi connectivity index (χ1v) is 10.8. The van der Waals surface area contributed by atoms with Crippen molar-refractivity contribution >= 4 is 45.5 Å². The summed E-state index contributed by atoms with van der Waals surface area (Å²) in [4.78, 5) is 25.8. The van der Waals surface area contributed by atoms with E-state index in [1.807, 2.05) is 97.9 Å². The Labute approximate surface area is 196 Å². The van der Waals surface area contributed by atoms with Gasteiger partial charge in [0.05, 0.1) is 0 Å². The predicted molar refractivity (Wildman–Crippen MR) is 136 cm³/mol. The minimum Gasteiger partial charge on any atom is -0.340 e. The van der Waals surface area contributed by atoms with E-state index in [4.69, 9.17) is 0 Å². The van der Waals surface area contributed by atoms with Gasteiger partial charge >= 0.3 is 0 Å². The fourth-order valence-electron chi connectivity index (χ4n) is 3.58. The van der Waals surface area contributed by atoms with Crippen molar-refractivity contribution in [1.29, 1.82) is 0 Å². The third-order valence-electron chi connectivity index (χ3n) is 5.19. The van der Waals surface area contributed by atoms with Crippen LogP contribution in [0.3, 0.4) is 0 Å². The first kappa shape index (κ1) is 21.1. The third-order valence-corrected chi connectivity index (χ3v) is 5.19. The molecule has 0 spiro atoms. The molecule has 0 aliphatic carbocycles. The number of amides is 1. The van der Waals surface area contributed by atoms with Gasteiger partial charge in [-0.1, -0.05) is 36.4 Å². The van der Waals surface area contributed by atoms with Crippen LogP contribution in [0.4, 0.5) is 28.8 Å². The standard InChI is InChI=1S/C27H22N6O/c1-18-29-25(17-26(30-18)33-24-8-4-5-15-28-24)31-22-11-13-23(14-12-22)32-27(34)21-10-9-19-6-2-3-7-20(19)16-21/h2-17H,1H3,(H,32,34)(H2,28,29,30,31,33). The number of fused-ring (bicyclic) bond motifs is 1. The van der Waals surface area contributed by atoms with Crippen LogP contribution in [0.2, 0.25) is 0 Å². The third kappa shape index (κ3) is 4.99. The summed E-state index contributed by atoms with van der Waals surface area (Å²) in [7, 11) is 0. The molecule has 2 heterocycles. The molecule has 0 fully saturated rings. The Morgan fingerprint density at radius 1 is 0.676 bits per heavy atom. The van der Waals surface area contributed by atoms with E-state index in [1.165, 1.54) is 0 Å². The Morgan fingerprint density at radius 3 is 2.15 bits per heavy atom. The van der Waals surface area contributed by atoms with Crippen LogP contribution in [0.1, 0.15) is 16.2 Å². The lowest BCUT2D eigenvalue weighted by Gasteiger charge is -2.11. The average Bonchev–Trinajstić information content (AvgIpc) is 2.85. The van der Waals surface area contributed by atoms with Crippen LogP contribution < -0.4 is 16.0 Å². The van der Waals surface area contributed by atoms with E-state index in [0.717, 1.165) is 16.5 Å². The number of aromatic nitrogens is 3. The van der Waals surface area contributed by atoms with Crippen LogP contribution in [0.25, 0.3) is 10.8 Å². The molecule has 5 rings (SSSR count). The predicted octanol–water partition coefficient (Wildman–Crippen LogP) is 6.07. The highest BCUT2D eigenvalue weighted by atomic mass is 16.1. The second-order valence-corrected chi connectivity index (χ2v) is 7.74. The highest BCUT2D eigenvalue weighted by Crippen LogP contribution is 2.22. The maximum atomic E-state index is 12.7. The molecule has 5 aromatic rings. The Hall–Kier alpha value is -4.78. The lowest BCUT2D eigenvalue weighted by Crippen LogP contribution is -2.11. The Balaban J connectivity index is 1.26. The Morgan fingerprint density at radius 2 is 1.38 bits per heavy atom. The van der Waals surface area contributed by atoms with Crippen molar-refractivity contribution in [2.45, 2.75) is 6.92 Å². The Bertz CT molecular complexity index is 1450. The highest BCUT2D eigenvalue weighted by Gasteiger charge is 2.08. The summed E-state index contributed by atoms with van der Waals surface area (Å²) in [6, 6.07) is 28.6. The first-order chi connectivity index (χ1) is 16.6. The number of benzene rings is 3. The number of aryl methyl sites for hydroxylation is 1. The van der Waals surface area contributed by atoms with Crippen molar-refractivity contribution in [3.05, 3.63) is 109 Å². The van der Waals surface area contributed by atoms with Gasteiger partial charge in [-0.15, -0.1) is 0 Å². The van der Waals surface area contributed by atoms with Crippen LogP contribution in [0, 0.1) is 6.92 Å². The van der Waals surface area contributed by atoms with Gasteiger partial charge in [0.2, 0.25) is 0 Å². The van der Waals surface area contributed by atoms with Gasteiger partial charge in [-0.25, -0.2) is 15.0 Å². The second kappa shape index (κ2) is 9.38. The number of hydrogen-bond acceptors (Lipinski definition) is 6. The van der Waals surface area contributed by atoms with E-state index in [9.17, 15) is 4.79 Å². The van der Waals surface area contributed by atoms with Gasteiger partial charge < -0.3 is 16.0 Å². The van der Waals surface area contributed by atoms with Crippen molar-refractivity contribution in [2.24, 2.45) is 0 Å². The van der Waals surface area contributed by atoms with Crippen LogP contribution in [0.15, 0.2) is 97.2 Å². The number of pyridine rings is 1. The number of anilines is 5. The lowest BCUT2D eigenvalue weighted by molar-refractivity contribution is 0.102. The molecule has 0 bridgehead atoms. The number of nitrogens with one attached hydrogen (secondary N) is 3. The number of carbonyl (C=O) groups excluding carboxylic acids is 1. The van der Waals surface area contributed by atoms with E-state index in [2.05, 4.69) is 30.9 Å². The normalized spacial score (nSPS) is 10.6. The number of hydrogen-bond donors (Lipinski definition) is 3. The maximum Gasteiger partial charge on any atom is 0.255 e. The molecule has 1 amide bonds. The molecule has 3 aromatic carbocycles. The summed E-state index contributed by atoms with van der Waals surface area (Å²) >= 11 is 0. The van der Waals surface area contributed by atoms with Gasteiger partial charge in [-0.05, 0) is 66.2 Å². The molecule has 3 N–H and O–H groups in total. The van der Waals surface area contributed by atoms with Crippen molar-refractivity contribution in [1.82, 2.24) is 15.0 Å². The summed E-state index contributed by atoms with van der Waals surface area (Å²) in [5.41, 5.74) is 2.16. The molecule has 0 saturated heterocycles. The SMILES string of the molecule is Cc1nc(Nc2ccc(NC(=O)c3ccc4ccccc4c3)cc2)cc(Nc2ccccn2)n1. The zero-order chi connectivity index (χ0) is 23.3. The van der Waals surface area contributed by atoms with Crippen LogP contribution in [0.5, 0.6) is 0 Å². The number of carbonyl (C=O) groups is 1. The summed E-state index contributed by atoms with van der Waals surface area (Å²) in [5.74, 6) is 2.48. The summed E-state index contributed by atoms with van der Waals surface area (Å²) in [6.07, 6.45) is 1.72. The second-order valence-electron chi connectivity index (χ2n) is 7.74. The minimum atomic E-state index is -0.150. The van der Waals surface area contributed by atoms with E-state index < -0.39 is 0 Å². The molecular formula is C27H22N6O. The van der Waals surface area contributed by atoms with Crippen molar-refractivity contribution < 1.29 is 4.79 Å². The minimum absolute atomic E-state index is 0.150. The van der Waals surface area contributed by atoms with Crippen molar-refractivity contribution in [2.75, 3.05) is 16.0 Å². The quantitative estimate of drug-likeness (QED) is 0.293. The van der Waals surface area contributed by atoms with Gasteiger partial charge in [0.25, 0.3) is 5.91 Å². The molecule has 7 heteroatoms. The van der Waals surface area contributed by atoms with Gasteiger partial charge in [-0.3, -0.25) is 4.79 Å². The van der Waals surface area contributed by atoms with Crippen LogP contribution in [-0.2, 0) is 0 Å². The summed E-state index contributed by atoms with van der Waals surface area (Å²) in [5, 5.41) is 11.5. The summed E-state index contributed by atoms with van der Waals surface area (Å²) in [6.45, 7) is 1.83. The largest absolute Gasteiger partial charge is 0.340 e. The zero-order valence-corrected chi connectivity index (χ0v) is 18.5. The first-order valence-electron chi connectivity index (χ1n) is 10.8. The Kier molecular flexibility index (Phi) is 5.82. The highest BCUT2D eigenvalue weighted by molar-refractivity contribution is 6.06. The van der Waals surface area contributed by atoms with Gasteiger partial charge in [0, 0.05) is 29.2 Å². The molecule has 0 saturated carbocycles. The van der Waals surface area contributed by atoms with Gasteiger partial charge in [0.15, 0.2) is 0 Å². The molecule has 0 unspecified atom stereocenters. The maximum absolute atomic E-state index is 12.7. The lowest BCUT2D eigenvalue weighted by atomic mass is 10.1. The zero-order valence-electron chi connectivity index (χ0n) is 18.5. The van der Waals surface area contributed by atoms with Crippen molar-refractivity contribution in [3.8, 4) is 0 Å². The molecule has 7 nitrogen and oxygen atoms in total. The molecule has 2 aromatic heterocycles. The molecule has 0 aliphatic rings.